The van der Waals surface area contributed by atoms with Gasteiger partial charge in [0.15, 0.2) is 0 Å². The van der Waals surface area contributed by atoms with E-state index in [2.05, 4.69) is 48.3 Å². The molecule has 2 rings (SSSR count). The van der Waals surface area contributed by atoms with E-state index in [0.717, 1.165) is 0 Å². The molecule has 70 valence electrons. The van der Waals surface area contributed by atoms with E-state index in [1.165, 1.54) is 24.4 Å². The highest BCUT2D eigenvalue weighted by molar-refractivity contribution is 6.79. The first-order valence-electron chi connectivity index (χ1n) is 4.97. The van der Waals surface area contributed by atoms with Gasteiger partial charge in [-0.05, 0) is 18.2 Å². The number of anilines is 1. The standard InChI is InChI=1S/C11H17NSi/c1-13(2)9-8-12(10-13)11-6-4-3-5-7-11/h3-7H,8-10H2,1-2H3. The number of hydrogen-bond acceptors (Lipinski definition) is 1. The monoisotopic (exact) mass is 191 g/mol. The van der Waals surface area contributed by atoms with E-state index in [1.54, 1.807) is 0 Å². The average Bonchev–Trinajstić information content (AvgIpc) is 2.48. The Balaban J connectivity index is 2.13. The summed E-state index contributed by atoms with van der Waals surface area (Å²) >= 11 is 0. The minimum Gasteiger partial charge on any atom is -0.375 e. The second-order valence-corrected chi connectivity index (χ2v) is 9.82. The second-order valence-electron chi connectivity index (χ2n) is 4.67. The number of rotatable bonds is 1. The summed E-state index contributed by atoms with van der Waals surface area (Å²) in [5.74, 6) is 0. The molecular weight excluding hydrogens is 174 g/mol. The average molecular weight is 191 g/mol. The van der Waals surface area contributed by atoms with E-state index in [-0.39, 0.29) is 0 Å². The van der Waals surface area contributed by atoms with Gasteiger partial charge in [-0.15, -0.1) is 0 Å². The molecule has 0 atom stereocenters. The van der Waals surface area contributed by atoms with Gasteiger partial charge in [0, 0.05) is 18.4 Å². The van der Waals surface area contributed by atoms with Crippen molar-refractivity contribution in [3.63, 3.8) is 0 Å². The third-order valence-electron chi connectivity index (χ3n) is 2.80. The highest BCUT2D eigenvalue weighted by Gasteiger charge is 2.30. The topological polar surface area (TPSA) is 3.24 Å². The first-order chi connectivity index (χ1) is 6.17. The number of para-hydroxylation sites is 1. The fraction of sp³-hybridized carbons (Fsp3) is 0.455. The lowest BCUT2D eigenvalue weighted by atomic mass is 10.3. The molecule has 0 spiro atoms. The van der Waals surface area contributed by atoms with E-state index in [1.807, 2.05) is 0 Å². The van der Waals surface area contributed by atoms with Crippen molar-refractivity contribution in [2.24, 2.45) is 0 Å². The van der Waals surface area contributed by atoms with Crippen LogP contribution in [0.1, 0.15) is 0 Å². The maximum Gasteiger partial charge on any atom is 0.0713 e. The van der Waals surface area contributed by atoms with Gasteiger partial charge in [0.25, 0.3) is 0 Å². The Morgan fingerprint density at radius 3 is 2.38 bits per heavy atom. The molecule has 1 aromatic carbocycles. The van der Waals surface area contributed by atoms with Crippen LogP contribution in [0.2, 0.25) is 19.1 Å². The molecule has 0 unspecified atom stereocenters. The Morgan fingerprint density at radius 2 is 1.85 bits per heavy atom. The first-order valence-corrected chi connectivity index (χ1v) is 8.39. The molecular formula is C11H17NSi. The maximum absolute atomic E-state index is 2.53. The Hall–Kier alpha value is -0.763. The Labute approximate surface area is 81.4 Å². The van der Waals surface area contributed by atoms with Gasteiger partial charge in [-0.3, -0.25) is 0 Å². The zero-order valence-electron chi connectivity index (χ0n) is 8.46. The number of hydrogen-bond donors (Lipinski definition) is 0. The fourth-order valence-electron chi connectivity index (χ4n) is 1.97. The predicted molar refractivity (Wildman–Crippen MR) is 60.9 cm³/mol. The van der Waals surface area contributed by atoms with Gasteiger partial charge in [-0.1, -0.05) is 31.3 Å². The summed E-state index contributed by atoms with van der Waals surface area (Å²) in [6.07, 6.45) is 1.33. The lowest BCUT2D eigenvalue weighted by Crippen LogP contribution is -2.31. The molecule has 0 saturated carbocycles. The largest absolute Gasteiger partial charge is 0.375 e. The lowest BCUT2D eigenvalue weighted by molar-refractivity contribution is 0.988. The van der Waals surface area contributed by atoms with Gasteiger partial charge in [-0.2, -0.15) is 0 Å². The number of nitrogens with zero attached hydrogens (tertiary/aromatic N) is 1. The van der Waals surface area contributed by atoms with Crippen molar-refractivity contribution in [1.82, 2.24) is 0 Å². The molecule has 1 heterocycles. The molecule has 1 saturated heterocycles. The predicted octanol–water partition coefficient (Wildman–Crippen LogP) is 2.75. The van der Waals surface area contributed by atoms with Crippen LogP contribution in [0.5, 0.6) is 0 Å². The summed E-state index contributed by atoms with van der Waals surface area (Å²) in [6, 6.07) is 12.2. The Kier molecular flexibility index (Phi) is 2.16. The van der Waals surface area contributed by atoms with Crippen LogP contribution in [-0.2, 0) is 0 Å². The highest BCUT2D eigenvalue weighted by Crippen LogP contribution is 2.25. The number of benzene rings is 1. The summed E-state index contributed by atoms with van der Waals surface area (Å²) in [4.78, 5) is 2.53. The first kappa shape index (κ1) is 8.82. The van der Waals surface area contributed by atoms with Crippen LogP contribution in [0.4, 0.5) is 5.69 Å². The normalized spacial score (nSPS) is 20.6. The van der Waals surface area contributed by atoms with Gasteiger partial charge in [0.2, 0.25) is 0 Å². The van der Waals surface area contributed by atoms with Crippen molar-refractivity contribution in [3.8, 4) is 0 Å². The maximum atomic E-state index is 2.53. The van der Waals surface area contributed by atoms with Crippen LogP contribution in [0.25, 0.3) is 0 Å². The summed E-state index contributed by atoms with van der Waals surface area (Å²) in [5, 5.41) is 0. The second kappa shape index (κ2) is 3.18. The molecule has 1 aromatic rings. The van der Waals surface area contributed by atoms with Crippen molar-refractivity contribution < 1.29 is 0 Å². The van der Waals surface area contributed by atoms with E-state index >= 15 is 0 Å². The van der Waals surface area contributed by atoms with Crippen molar-refractivity contribution >= 4 is 13.8 Å². The minimum atomic E-state index is -0.860. The van der Waals surface area contributed by atoms with Crippen LogP contribution < -0.4 is 4.90 Å². The van der Waals surface area contributed by atoms with E-state index < -0.39 is 8.07 Å². The summed E-state index contributed by atoms with van der Waals surface area (Å²) in [6.45, 7) is 6.23. The quantitative estimate of drug-likeness (QED) is 0.617. The van der Waals surface area contributed by atoms with E-state index in [4.69, 9.17) is 0 Å². The molecule has 0 radical (unpaired) electrons. The smallest absolute Gasteiger partial charge is 0.0713 e. The fourth-order valence-corrected chi connectivity index (χ4v) is 4.38. The zero-order chi connectivity index (χ0) is 9.31. The molecule has 0 N–H and O–H groups in total. The molecule has 0 amide bonds. The van der Waals surface area contributed by atoms with Gasteiger partial charge in [0.05, 0.1) is 8.07 Å². The van der Waals surface area contributed by atoms with E-state index in [0.29, 0.717) is 0 Å². The van der Waals surface area contributed by atoms with Crippen LogP contribution in [0.3, 0.4) is 0 Å². The molecule has 1 aliphatic heterocycles. The van der Waals surface area contributed by atoms with Crippen LogP contribution in [0, 0.1) is 0 Å². The molecule has 1 fully saturated rings. The van der Waals surface area contributed by atoms with Crippen molar-refractivity contribution in [2.45, 2.75) is 19.1 Å². The van der Waals surface area contributed by atoms with Crippen LogP contribution >= 0.6 is 0 Å². The Bertz CT molecular complexity index is 281. The summed E-state index contributed by atoms with van der Waals surface area (Å²) in [7, 11) is -0.860. The minimum absolute atomic E-state index is 0.860. The van der Waals surface area contributed by atoms with Crippen molar-refractivity contribution in [1.29, 1.82) is 0 Å². The molecule has 2 heteroatoms. The molecule has 13 heavy (non-hydrogen) atoms. The SMILES string of the molecule is C[Si]1(C)CCN(c2ccccc2)C1. The van der Waals surface area contributed by atoms with Crippen LogP contribution in [0.15, 0.2) is 30.3 Å². The summed E-state index contributed by atoms with van der Waals surface area (Å²) in [5.41, 5.74) is 1.40. The molecule has 0 aliphatic carbocycles. The summed E-state index contributed by atoms with van der Waals surface area (Å²) < 4.78 is 0. The Morgan fingerprint density at radius 1 is 1.15 bits per heavy atom. The van der Waals surface area contributed by atoms with Gasteiger partial charge < -0.3 is 4.90 Å². The molecule has 0 bridgehead atoms. The van der Waals surface area contributed by atoms with Gasteiger partial charge in [-0.25, -0.2) is 0 Å². The highest BCUT2D eigenvalue weighted by atomic mass is 28.3. The van der Waals surface area contributed by atoms with Crippen molar-refractivity contribution in [2.75, 3.05) is 17.6 Å². The molecule has 1 nitrogen and oxygen atoms in total. The molecule has 1 aliphatic rings. The van der Waals surface area contributed by atoms with Gasteiger partial charge in [0.1, 0.15) is 0 Å². The molecule has 0 aromatic heterocycles. The third-order valence-corrected chi connectivity index (χ3v) is 5.61. The van der Waals surface area contributed by atoms with E-state index in [9.17, 15) is 0 Å². The van der Waals surface area contributed by atoms with Gasteiger partial charge >= 0.3 is 0 Å². The van der Waals surface area contributed by atoms with Crippen molar-refractivity contribution in [3.05, 3.63) is 30.3 Å². The third kappa shape index (κ3) is 1.94. The zero-order valence-corrected chi connectivity index (χ0v) is 9.46. The lowest BCUT2D eigenvalue weighted by Gasteiger charge is -2.20. The van der Waals surface area contributed by atoms with Crippen LogP contribution in [-0.4, -0.2) is 20.8 Å².